The summed E-state index contributed by atoms with van der Waals surface area (Å²) in [6, 6.07) is 4.00. The van der Waals surface area contributed by atoms with E-state index in [2.05, 4.69) is 5.32 Å². The molecule has 1 heterocycles. The van der Waals surface area contributed by atoms with Gasteiger partial charge in [-0.1, -0.05) is 25.7 Å². The zero-order valence-electron chi connectivity index (χ0n) is 17.8. The van der Waals surface area contributed by atoms with Crippen LogP contribution in [0.3, 0.4) is 0 Å². The number of rotatable bonds is 4. The number of aryl methyl sites for hydroxylation is 1. The molecule has 1 aliphatic carbocycles. The molecule has 1 aromatic rings. The Morgan fingerprint density at radius 2 is 1.83 bits per heavy atom. The molecule has 0 radical (unpaired) electrons. The molecule has 1 aromatic carbocycles. The summed E-state index contributed by atoms with van der Waals surface area (Å²) in [7, 11) is -3.68. The summed E-state index contributed by atoms with van der Waals surface area (Å²) >= 11 is 0. The molecule has 1 saturated carbocycles. The Hall–Kier alpha value is -2.00. The molecule has 1 saturated heterocycles. The first-order chi connectivity index (χ1) is 14.0. The van der Waals surface area contributed by atoms with Crippen LogP contribution in [0.1, 0.15) is 51.0 Å². The fraction of sp³-hybridized carbons (Fsp3) is 0.619. The predicted molar refractivity (Wildman–Crippen MR) is 113 cm³/mol. The summed E-state index contributed by atoms with van der Waals surface area (Å²) in [5, 5.41) is 3.06. The lowest BCUT2D eigenvalue weighted by molar-refractivity contribution is -0.133. The van der Waals surface area contributed by atoms with Gasteiger partial charge in [0, 0.05) is 18.3 Å². The summed E-state index contributed by atoms with van der Waals surface area (Å²) in [6.45, 7) is 2.73. The number of hydrogen-bond donors (Lipinski definition) is 1. The summed E-state index contributed by atoms with van der Waals surface area (Å²) in [6.07, 6.45) is 7.06. The Balaban J connectivity index is 2.00. The molecule has 166 valence electrons. The lowest BCUT2D eigenvalue weighted by Crippen LogP contribution is -2.70. The highest BCUT2D eigenvalue weighted by Gasteiger charge is 2.50. The molecule has 0 spiro atoms. The van der Waals surface area contributed by atoms with Gasteiger partial charge in [0.05, 0.1) is 12.8 Å². The minimum absolute atomic E-state index is 0.00305. The second kappa shape index (κ2) is 8.63. The van der Waals surface area contributed by atoms with Crippen LogP contribution in [0.25, 0.3) is 0 Å². The van der Waals surface area contributed by atoms with Crippen molar-refractivity contribution in [1.82, 2.24) is 9.62 Å². The van der Waals surface area contributed by atoms with Crippen molar-refractivity contribution in [2.45, 2.75) is 64.0 Å². The standard InChI is InChI=1S/C21H30FN3O4S/c1-15-12-16(22)10-11-18(15)25-19(26)13-24(30(3,28)29)14-21(25,2)20(27)23-17-8-6-4-5-7-9-17/h10-12,17H,4-9,13-14H2,1-3H3,(H,23,27)/t21-/m1/s1. The van der Waals surface area contributed by atoms with E-state index < -0.39 is 27.3 Å². The van der Waals surface area contributed by atoms with Gasteiger partial charge in [-0.05, 0) is 50.5 Å². The number of benzene rings is 1. The third kappa shape index (κ3) is 4.67. The van der Waals surface area contributed by atoms with Crippen LogP contribution in [0.4, 0.5) is 10.1 Å². The molecule has 2 fully saturated rings. The fourth-order valence-electron chi connectivity index (χ4n) is 4.41. The molecule has 0 bridgehead atoms. The number of sulfonamides is 1. The van der Waals surface area contributed by atoms with Crippen LogP contribution >= 0.6 is 0 Å². The van der Waals surface area contributed by atoms with Crippen LogP contribution in [0.2, 0.25) is 0 Å². The van der Waals surface area contributed by atoms with Crippen molar-refractivity contribution in [2.75, 3.05) is 24.2 Å². The molecule has 1 aliphatic heterocycles. The monoisotopic (exact) mass is 439 g/mol. The third-order valence-electron chi connectivity index (χ3n) is 6.09. The Kier molecular flexibility index (Phi) is 6.52. The number of piperazine rings is 1. The topological polar surface area (TPSA) is 86.8 Å². The van der Waals surface area contributed by atoms with E-state index in [0.29, 0.717) is 11.3 Å². The summed E-state index contributed by atoms with van der Waals surface area (Å²) in [5.74, 6) is -1.34. The predicted octanol–water partition coefficient (Wildman–Crippen LogP) is 2.34. The maximum absolute atomic E-state index is 13.7. The van der Waals surface area contributed by atoms with Crippen LogP contribution in [-0.4, -0.2) is 55.5 Å². The first-order valence-corrected chi connectivity index (χ1v) is 12.2. The lowest BCUT2D eigenvalue weighted by atomic mass is 9.92. The quantitative estimate of drug-likeness (QED) is 0.730. The smallest absolute Gasteiger partial charge is 0.247 e. The Morgan fingerprint density at radius 1 is 1.20 bits per heavy atom. The zero-order valence-corrected chi connectivity index (χ0v) is 18.6. The van der Waals surface area contributed by atoms with Gasteiger partial charge < -0.3 is 5.32 Å². The number of carbonyl (C=O) groups is 2. The van der Waals surface area contributed by atoms with Gasteiger partial charge in [-0.15, -0.1) is 0 Å². The Bertz CT molecular complexity index is 928. The van der Waals surface area contributed by atoms with Gasteiger partial charge in [0.2, 0.25) is 21.8 Å². The second-order valence-corrected chi connectivity index (χ2v) is 10.6. The molecule has 1 atom stereocenters. The molecule has 2 amide bonds. The molecule has 0 aromatic heterocycles. The van der Waals surface area contributed by atoms with E-state index in [1.54, 1.807) is 13.8 Å². The summed E-state index contributed by atoms with van der Waals surface area (Å²) in [4.78, 5) is 27.9. The lowest BCUT2D eigenvalue weighted by Gasteiger charge is -2.47. The minimum Gasteiger partial charge on any atom is -0.351 e. The number of hydrogen-bond acceptors (Lipinski definition) is 4. The van der Waals surface area contributed by atoms with Gasteiger partial charge in [0.1, 0.15) is 11.4 Å². The minimum atomic E-state index is -3.68. The molecule has 30 heavy (non-hydrogen) atoms. The largest absolute Gasteiger partial charge is 0.351 e. The zero-order chi connectivity index (χ0) is 22.1. The highest BCUT2D eigenvalue weighted by Crippen LogP contribution is 2.33. The van der Waals surface area contributed by atoms with Crippen molar-refractivity contribution in [3.05, 3.63) is 29.6 Å². The molecule has 0 unspecified atom stereocenters. The average Bonchev–Trinajstić information content (AvgIpc) is 2.90. The third-order valence-corrected chi connectivity index (χ3v) is 7.28. The molecular formula is C21H30FN3O4S. The van der Waals surface area contributed by atoms with Gasteiger partial charge >= 0.3 is 0 Å². The average molecular weight is 440 g/mol. The number of carbonyl (C=O) groups excluding carboxylic acids is 2. The number of nitrogens with one attached hydrogen (secondary N) is 1. The fourth-order valence-corrected chi connectivity index (χ4v) is 5.24. The van der Waals surface area contributed by atoms with Crippen molar-refractivity contribution < 1.29 is 22.4 Å². The summed E-state index contributed by atoms with van der Waals surface area (Å²) < 4.78 is 39.1. The van der Waals surface area contributed by atoms with Gasteiger partial charge in [-0.25, -0.2) is 12.8 Å². The van der Waals surface area contributed by atoms with Gasteiger partial charge in [0.15, 0.2) is 0 Å². The van der Waals surface area contributed by atoms with Crippen LogP contribution in [0.15, 0.2) is 18.2 Å². The first kappa shape index (κ1) is 22.7. The maximum Gasteiger partial charge on any atom is 0.247 e. The maximum atomic E-state index is 13.7. The van der Waals surface area contributed by atoms with E-state index in [-0.39, 0.29) is 25.0 Å². The first-order valence-electron chi connectivity index (χ1n) is 10.4. The van der Waals surface area contributed by atoms with Crippen molar-refractivity contribution in [3.8, 4) is 0 Å². The summed E-state index contributed by atoms with van der Waals surface area (Å²) in [5.41, 5.74) is -0.537. The van der Waals surface area contributed by atoms with E-state index in [1.165, 1.54) is 23.1 Å². The van der Waals surface area contributed by atoms with Gasteiger partial charge in [-0.3, -0.25) is 14.5 Å². The van der Waals surface area contributed by atoms with Gasteiger partial charge in [0.25, 0.3) is 0 Å². The van der Waals surface area contributed by atoms with Crippen LogP contribution in [-0.2, 0) is 19.6 Å². The van der Waals surface area contributed by atoms with Crippen molar-refractivity contribution >= 4 is 27.5 Å². The van der Waals surface area contributed by atoms with Crippen LogP contribution in [0, 0.1) is 12.7 Å². The molecule has 9 heteroatoms. The normalized spacial score (nSPS) is 24.5. The molecule has 7 nitrogen and oxygen atoms in total. The Morgan fingerprint density at radius 3 is 2.40 bits per heavy atom. The SMILES string of the molecule is Cc1cc(F)ccc1N1C(=O)CN(S(C)(=O)=O)C[C@]1(C)C(=O)NC1CCCCCC1. The highest BCUT2D eigenvalue weighted by atomic mass is 32.2. The number of nitrogens with zero attached hydrogens (tertiary/aromatic N) is 2. The van der Waals surface area contributed by atoms with Crippen molar-refractivity contribution in [1.29, 1.82) is 0 Å². The number of anilines is 1. The number of halogens is 1. The Labute approximate surface area is 177 Å². The van der Waals surface area contributed by atoms with E-state index in [9.17, 15) is 22.4 Å². The van der Waals surface area contributed by atoms with Crippen LogP contribution in [0.5, 0.6) is 0 Å². The number of amides is 2. The van der Waals surface area contributed by atoms with Crippen molar-refractivity contribution in [3.63, 3.8) is 0 Å². The highest BCUT2D eigenvalue weighted by molar-refractivity contribution is 7.88. The van der Waals surface area contributed by atoms with E-state index in [4.69, 9.17) is 0 Å². The van der Waals surface area contributed by atoms with E-state index >= 15 is 0 Å². The van der Waals surface area contributed by atoms with Crippen LogP contribution < -0.4 is 10.2 Å². The van der Waals surface area contributed by atoms with E-state index in [1.807, 2.05) is 0 Å². The molecular weight excluding hydrogens is 409 g/mol. The second-order valence-electron chi connectivity index (χ2n) is 8.63. The van der Waals surface area contributed by atoms with Gasteiger partial charge in [-0.2, -0.15) is 4.31 Å². The molecule has 1 N–H and O–H groups in total. The molecule has 3 rings (SSSR count). The molecule has 2 aliphatic rings. The van der Waals surface area contributed by atoms with E-state index in [0.717, 1.165) is 49.1 Å². The van der Waals surface area contributed by atoms with Crippen molar-refractivity contribution in [2.24, 2.45) is 0 Å².